The van der Waals surface area contributed by atoms with Gasteiger partial charge in [0.1, 0.15) is 0 Å². The van der Waals surface area contributed by atoms with Crippen molar-refractivity contribution in [3.8, 4) is 0 Å². The van der Waals surface area contributed by atoms with Gasteiger partial charge in [-0.3, -0.25) is 14.3 Å². The van der Waals surface area contributed by atoms with Crippen LogP contribution in [-0.2, 0) is 17.8 Å². The maximum atomic E-state index is 12.7. The number of aromatic nitrogens is 2. The van der Waals surface area contributed by atoms with E-state index in [4.69, 9.17) is 0 Å². The van der Waals surface area contributed by atoms with Crippen LogP contribution in [0.4, 0.5) is 0 Å². The quantitative estimate of drug-likeness (QED) is 0.785. The number of fused-ring (bicyclic) bond motifs is 1. The largest absolute Gasteiger partial charge is 0.336 e. The molecule has 1 saturated heterocycles. The molecule has 140 valence electrons. The molecule has 6 heteroatoms. The first-order chi connectivity index (χ1) is 13.2. The number of amides is 2. The van der Waals surface area contributed by atoms with Gasteiger partial charge in [-0.2, -0.15) is 5.10 Å². The molecule has 2 aliphatic heterocycles. The Balaban J connectivity index is 1.33. The molecule has 0 saturated carbocycles. The first kappa shape index (κ1) is 17.5. The molecule has 0 aliphatic carbocycles. The van der Waals surface area contributed by atoms with E-state index in [0.29, 0.717) is 31.9 Å². The average Bonchev–Trinajstić information content (AvgIpc) is 3.16. The smallest absolute Gasteiger partial charge is 0.274 e. The zero-order valence-corrected chi connectivity index (χ0v) is 15.4. The van der Waals surface area contributed by atoms with Crippen LogP contribution in [0.25, 0.3) is 6.08 Å². The Kier molecular flexibility index (Phi) is 5.05. The van der Waals surface area contributed by atoms with Crippen LogP contribution < -0.4 is 0 Å². The fraction of sp³-hybridized carbons (Fsp3) is 0.381. The maximum Gasteiger partial charge on any atom is 0.274 e. The van der Waals surface area contributed by atoms with E-state index in [1.807, 2.05) is 47.2 Å². The summed E-state index contributed by atoms with van der Waals surface area (Å²) >= 11 is 0. The summed E-state index contributed by atoms with van der Waals surface area (Å²) in [7, 11) is 0. The van der Waals surface area contributed by atoms with Crippen molar-refractivity contribution in [3.63, 3.8) is 0 Å². The van der Waals surface area contributed by atoms with E-state index in [-0.39, 0.29) is 11.8 Å². The summed E-state index contributed by atoms with van der Waals surface area (Å²) < 4.78 is 1.96. The number of carbonyl (C=O) groups is 2. The standard InChI is InChI=1S/C21H24N4O2/c26-20(10-9-17-6-2-1-3-7-17)23-12-14-24(15-13-23)21(27)19-16-18-8-4-5-11-25(18)22-19/h1-3,6-7,9-10,16H,4-5,8,11-15H2/b10-9+. The molecule has 1 aromatic heterocycles. The molecule has 2 aromatic rings. The second-order valence-electron chi connectivity index (χ2n) is 7.06. The van der Waals surface area contributed by atoms with Gasteiger partial charge in [-0.1, -0.05) is 30.3 Å². The van der Waals surface area contributed by atoms with Gasteiger partial charge in [-0.15, -0.1) is 0 Å². The zero-order valence-electron chi connectivity index (χ0n) is 15.4. The number of hydrogen-bond donors (Lipinski definition) is 0. The normalized spacial score (nSPS) is 17.2. The van der Waals surface area contributed by atoms with Crippen LogP contribution in [0.1, 0.15) is 34.6 Å². The lowest BCUT2D eigenvalue weighted by molar-refractivity contribution is -0.127. The zero-order chi connectivity index (χ0) is 18.6. The Morgan fingerprint density at radius 2 is 1.67 bits per heavy atom. The molecule has 27 heavy (non-hydrogen) atoms. The Labute approximate surface area is 159 Å². The Bertz CT molecular complexity index is 825. The molecule has 4 rings (SSSR count). The first-order valence-corrected chi connectivity index (χ1v) is 9.59. The number of benzene rings is 1. The monoisotopic (exact) mass is 364 g/mol. The fourth-order valence-corrected chi connectivity index (χ4v) is 3.65. The van der Waals surface area contributed by atoms with Crippen LogP contribution in [0, 0.1) is 0 Å². The van der Waals surface area contributed by atoms with Crippen molar-refractivity contribution < 1.29 is 9.59 Å². The third kappa shape index (κ3) is 3.94. The van der Waals surface area contributed by atoms with Crippen molar-refractivity contribution in [1.29, 1.82) is 0 Å². The molecule has 0 unspecified atom stereocenters. The summed E-state index contributed by atoms with van der Waals surface area (Å²) in [4.78, 5) is 28.7. The van der Waals surface area contributed by atoms with Crippen molar-refractivity contribution >= 4 is 17.9 Å². The fourth-order valence-electron chi connectivity index (χ4n) is 3.65. The van der Waals surface area contributed by atoms with Gasteiger partial charge in [0.15, 0.2) is 5.69 Å². The lowest BCUT2D eigenvalue weighted by Crippen LogP contribution is -2.50. The second kappa shape index (κ2) is 7.78. The van der Waals surface area contributed by atoms with Gasteiger partial charge in [-0.25, -0.2) is 0 Å². The van der Waals surface area contributed by atoms with Crippen molar-refractivity contribution in [2.45, 2.75) is 25.8 Å². The Morgan fingerprint density at radius 3 is 2.41 bits per heavy atom. The SMILES string of the molecule is O=C(/C=C/c1ccccc1)N1CCN(C(=O)c2cc3n(n2)CCCC3)CC1. The molecule has 2 amide bonds. The van der Waals surface area contributed by atoms with Gasteiger partial charge in [0.25, 0.3) is 5.91 Å². The van der Waals surface area contributed by atoms with Crippen molar-refractivity contribution in [2.75, 3.05) is 26.2 Å². The minimum atomic E-state index is -0.0242. The summed E-state index contributed by atoms with van der Waals surface area (Å²) in [6.07, 6.45) is 6.72. The topological polar surface area (TPSA) is 58.4 Å². The van der Waals surface area contributed by atoms with Crippen LogP contribution in [0.3, 0.4) is 0 Å². The minimum absolute atomic E-state index is 0.0107. The van der Waals surface area contributed by atoms with E-state index in [1.165, 1.54) is 0 Å². The molecule has 1 fully saturated rings. The van der Waals surface area contributed by atoms with E-state index in [1.54, 1.807) is 15.9 Å². The summed E-state index contributed by atoms with van der Waals surface area (Å²) in [6.45, 7) is 3.10. The van der Waals surface area contributed by atoms with Crippen molar-refractivity contribution in [2.24, 2.45) is 0 Å². The molecule has 0 atom stereocenters. The molecular formula is C21H24N4O2. The summed E-state index contributed by atoms with van der Waals surface area (Å²) in [5.41, 5.74) is 2.70. The van der Waals surface area contributed by atoms with E-state index >= 15 is 0 Å². The Morgan fingerprint density at radius 1 is 0.926 bits per heavy atom. The van der Waals surface area contributed by atoms with Crippen molar-refractivity contribution in [3.05, 3.63) is 59.4 Å². The molecule has 0 bridgehead atoms. The van der Waals surface area contributed by atoms with E-state index in [9.17, 15) is 9.59 Å². The lowest BCUT2D eigenvalue weighted by Gasteiger charge is -2.33. The summed E-state index contributed by atoms with van der Waals surface area (Å²) in [5.74, 6) is -0.0350. The minimum Gasteiger partial charge on any atom is -0.336 e. The molecular weight excluding hydrogens is 340 g/mol. The molecule has 0 radical (unpaired) electrons. The molecule has 0 N–H and O–H groups in total. The number of aryl methyl sites for hydroxylation is 2. The van der Waals surface area contributed by atoms with Crippen LogP contribution in [-0.4, -0.2) is 57.6 Å². The van der Waals surface area contributed by atoms with Crippen LogP contribution >= 0.6 is 0 Å². The number of rotatable bonds is 3. The van der Waals surface area contributed by atoms with Gasteiger partial charge in [-0.05, 0) is 37.0 Å². The van der Waals surface area contributed by atoms with E-state index in [0.717, 1.165) is 37.1 Å². The molecule has 0 spiro atoms. The highest BCUT2D eigenvalue weighted by atomic mass is 16.2. The average molecular weight is 364 g/mol. The lowest BCUT2D eigenvalue weighted by atomic mass is 10.1. The van der Waals surface area contributed by atoms with Gasteiger partial charge >= 0.3 is 0 Å². The number of nitrogens with zero attached hydrogens (tertiary/aromatic N) is 4. The van der Waals surface area contributed by atoms with Gasteiger partial charge < -0.3 is 9.80 Å². The van der Waals surface area contributed by atoms with E-state index < -0.39 is 0 Å². The highest BCUT2D eigenvalue weighted by molar-refractivity contribution is 5.94. The van der Waals surface area contributed by atoms with Crippen LogP contribution in [0.15, 0.2) is 42.5 Å². The third-order valence-electron chi connectivity index (χ3n) is 5.23. The van der Waals surface area contributed by atoms with Gasteiger partial charge in [0, 0.05) is 44.5 Å². The molecule has 6 nitrogen and oxygen atoms in total. The third-order valence-corrected chi connectivity index (χ3v) is 5.23. The molecule has 2 aliphatic rings. The van der Waals surface area contributed by atoms with Crippen LogP contribution in [0.5, 0.6) is 0 Å². The Hall–Kier alpha value is -2.89. The molecule has 1 aromatic carbocycles. The number of carbonyl (C=O) groups excluding carboxylic acids is 2. The highest BCUT2D eigenvalue weighted by Gasteiger charge is 2.26. The summed E-state index contributed by atoms with van der Waals surface area (Å²) in [5, 5.41) is 4.48. The predicted molar refractivity (Wildman–Crippen MR) is 103 cm³/mol. The maximum absolute atomic E-state index is 12.7. The molecule has 3 heterocycles. The highest BCUT2D eigenvalue weighted by Crippen LogP contribution is 2.17. The number of hydrogen-bond acceptors (Lipinski definition) is 3. The van der Waals surface area contributed by atoms with Gasteiger partial charge in [0.05, 0.1) is 0 Å². The predicted octanol–water partition coefficient (Wildman–Crippen LogP) is 2.22. The van der Waals surface area contributed by atoms with Crippen molar-refractivity contribution in [1.82, 2.24) is 19.6 Å². The summed E-state index contributed by atoms with van der Waals surface area (Å²) in [6, 6.07) is 11.7. The number of piperazine rings is 1. The van der Waals surface area contributed by atoms with Crippen LogP contribution in [0.2, 0.25) is 0 Å². The van der Waals surface area contributed by atoms with Gasteiger partial charge in [0.2, 0.25) is 5.91 Å². The first-order valence-electron chi connectivity index (χ1n) is 9.59. The second-order valence-corrected chi connectivity index (χ2v) is 7.06. The van der Waals surface area contributed by atoms with E-state index in [2.05, 4.69) is 5.10 Å².